The van der Waals surface area contributed by atoms with E-state index >= 15 is 0 Å². The molecule has 0 radical (unpaired) electrons. The summed E-state index contributed by atoms with van der Waals surface area (Å²) in [6.45, 7) is 0. The molecule has 19 heavy (non-hydrogen) atoms. The number of thioether (sulfide) groups is 1. The Morgan fingerprint density at radius 3 is 2.95 bits per heavy atom. The topological polar surface area (TPSA) is 43.6 Å². The minimum absolute atomic E-state index is 0.262. The molecule has 1 saturated carbocycles. The van der Waals surface area contributed by atoms with E-state index in [2.05, 4.69) is 15.5 Å². The van der Waals surface area contributed by atoms with Crippen LogP contribution in [0, 0.1) is 5.82 Å². The Balaban J connectivity index is 1.62. The van der Waals surface area contributed by atoms with Gasteiger partial charge in [-0.05, 0) is 35.4 Å². The molecule has 4 nitrogen and oxygen atoms in total. The van der Waals surface area contributed by atoms with Gasteiger partial charge < -0.3 is 0 Å². The number of halogens is 2. The second-order valence-electron chi connectivity index (χ2n) is 4.46. The second-order valence-corrected chi connectivity index (χ2v) is 5.86. The average Bonchev–Trinajstić information content (AvgIpc) is 3.13. The first-order chi connectivity index (χ1) is 9.25. The highest BCUT2D eigenvalue weighted by molar-refractivity contribution is 7.97. The van der Waals surface area contributed by atoms with Crippen LogP contribution in [0.4, 0.5) is 4.39 Å². The van der Waals surface area contributed by atoms with Crippen LogP contribution in [0.1, 0.15) is 30.3 Å². The van der Waals surface area contributed by atoms with Crippen molar-refractivity contribution in [1.29, 1.82) is 0 Å². The zero-order valence-electron chi connectivity index (χ0n) is 10.1. The van der Waals surface area contributed by atoms with Gasteiger partial charge in [0, 0.05) is 16.3 Å². The van der Waals surface area contributed by atoms with Crippen LogP contribution in [-0.2, 0) is 11.5 Å². The lowest BCUT2D eigenvalue weighted by molar-refractivity contribution is 0.593. The Labute approximate surface area is 119 Å². The van der Waals surface area contributed by atoms with Crippen molar-refractivity contribution in [3.05, 3.63) is 40.4 Å². The highest BCUT2D eigenvalue weighted by atomic mass is 35.5. The Morgan fingerprint density at radius 2 is 2.21 bits per heavy atom. The Morgan fingerprint density at radius 1 is 1.37 bits per heavy atom. The standard InChI is InChI=1S/C12H12ClFN4S/c13-10-2-1-3-11(14)9(10)6-19-7-12-15-16-17-18(12)8-4-5-8/h1-3,8H,4-7H2. The fraction of sp³-hybridized carbons (Fsp3) is 0.417. The molecule has 0 amide bonds. The van der Waals surface area contributed by atoms with E-state index in [1.54, 1.807) is 23.9 Å². The number of benzene rings is 1. The minimum Gasteiger partial charge on any atom is -0.226 e. The maximum absolute atomic E-state index is 13.6. The minimum atomic E-state index is -0.262. The number of hydrogen-bond acceptors (Lipinski definition) is 4. The fourth-order valence-corrected chi connectivity index (χ4v) is 3.11. The van der Waals surface area contributed by atoms with Crippen LogP contribution < -0.4 is 0 Å². The lowest BCUT2D eigenvalue weighted by Gasteiger charge is -2.06. The summed E-state index contributed by atoms with van der Waals surface area (Å²) >= 11 is 7.55. The van der Waals surface area contributed by atoms with Crippen molar-refractivity contribution in [1.82, 2.24) is 20.2 Å². The molecule has 1 fully saturated rings. The van der Waals surface area contributed by atoms with E-state index in [1.807, 2.05) is 4.68 Å². The van der Waals surface area contributed by atoms with Crippen LogP contribution in [0.3, 0.4) is 0 Å². The molecule has 0 saturated heterocycles. The molecule has 0 bridgehead atoms. The molecule has 3 rings (SSSR count). The van der Waals surface area contributed by atoms with Gasteiger partial charge >= 0.3 is 0 Å². The van der Waals surface area contributed by atoms with Gasteiger partial charge in [0.2, 0.25) is 0 Å². The van der Waals surface area contributed by atoms with Crippen LogP contribution in [0.2, 0.25) is 5.02 Å². The maximum atomic E-state index is 13.6. The van der Waals surface area contributed by atoms with Gasteiger partial charge in [-0.3, -0.25) is 0 Å². The predicted octanol–water partition coefficient (Wildman–Crippen LogP) is 3.23. The SMILES string of the molecule is Fc1cccc(Cl)c1CSCc1nnnn1C1CC1. The van der Waals surface area contributed by atoms with Gasteiger partial charge in [-0.2, -0.15) is 0 Å². The van der Waals surface area contributed by atoms with Gasteiger partial charge in [0.15, 0.2) is 5.82 Å². The molecule has 7 heteroatoms. The van der Waals surface area contributed by atoms with Crippen molar-refractivity contribution >= 4 is 23.4 Å². The first-order valence-corrected chi connectivity index (χ1v) is 7.56. The summed E-state index contributed by atoms with van der Waals surface area (Å²) in [5.41, 5.74) is 0.541. The van der Waals surface area contributed by atoms with Crippen LogP contribution in [-0.4, -0.2) is 20.2 Å². The highest BCUT2D eigenvalue weighted by Crippen LogP contribution is 2.35. The third-order valence-corrected chi connectivity index (χ3v) is 4.30. The molecular weight excluding hydrogens is 287 g/mol. The molecule has 0 unspecified atom stereocenters. The maximum Gasteiger partial charge on any atom is 0.161 e. The zero-order chi connectivity index (χ0) is 13.2. The molecule has 0 N–H and O–H groups in total. The van der Waals surface area contributed by atoms with Crippen LogP contribution in [0.15, 0.2) is 18.2 Å². The number of rotatable bonds is 5. The lowest BCUT2D eigenvalue weighted by Crippen LogP contribution is -2.02. The molecule has 0 atom stereocenters. The van der Waals surface area contributed by atoms with Gasteiger partial charge in [0.25, 0.3) is 0 Å². The van der Waals surface area contributed by atoms with Crippen molar-refractivity contribution in [2.24, 2.45) is 0 Å². The van der Waals surface area contributed by atoms with E-state index in [0.29, 0.717) is 28.1 Å². The molecule has 1 aliphatic rings. The molecular formula is C12H12ClFN4S. The molecule has 0 spiro atoms. The summed E-state index contributed by atoms with van der Waals surface area (Å²) in [7, 11) is 0. The lowest BCUT2D eigenvalue weighted by atomic mass is 10.2. The van der Waals surface area contributed by atoms with Gasteiger partial charge in [-0.15, -0.1) is 16.9 Å². The van der Waals surface area contributed by atoms with Crippen molar-refractivity contribution in [3.8, 4) is 0 Å². The predicted molar refractivity (Wildman–Crippen MR) is 72.5 cm³/mol. The first-order valence-electron chi connectivity index (χ1n) is 6.03. The summed E-state index contributed by atoms with van der Waals surface area (Å²) in [4.78, 5) is 0. The Bertz CT molecular complexity index is 565. The smallest absolute Gasteiger partial charge is 0.161 e. The first kappa shape index (κ1) is 12.9. The number of nitrogens with zero attached hydrogens (tertiary/aromatic N) is 4. The Kier molecular flexibility index (Phi) is 3.70. The van der Waals surface area contributed by atoms with Gasteiger partial charge in [-0.25, -0.2) is 9.07 Å². The molecule has 1 aliphatic carbocycles. The molecule has 1 aromatic heterocycles. The fourth-order valence-electron chi connectivity index (χ4n) is 1.82. The van der Waals surface area contributed by atoms with Gasteiger partial charge in [0.05, 0.1) is 11.8 Å². The molecule has 2 aromatic rings. The van der Waals surface area contributed by atoms with E-state index in [4.69, 9.17) is 11.6 Å². The summed E-state index contributed by atoms with van der Waals surface area (Å²) in [5.74, 6) is 1.76. The summed E-state index contributed by atoms with van der Waals surface area (Å²) in [6, 6.07) is 5.20. The number of aromatic nitrogens is 4. The van der Waals surface area contributed by atoms with Gasteiger partial charge in [-0.1, -0.05) is 17.7 Å². The van der Waals surface area contributed by atoms with E-state index in [1.165, 1.54) is 6.07 Å². The Hall–Kier alpha value is -1.14. The van der Waals surface area contributed by atoms with Gasteiger partial charge in [0.1, 0.15) is 5.82 Å². The summed E-state index contributed by atoms with van der Waals surface area (Å²) in [6.07, 6.45) is 2.28. The van der Waals surface area contributed by atoms with E-state index in [0.717, 1.165) is 18.7 Å². The van der Waals surface area contributed by atoms with Crippen LogP contribution in [0.5, 0.6) is 0 Å². The van der Waals surface area contributed by atoms with Crippen LogP contribution in [0.25, 0.3) is 0 Å². The summed E-state index contributed by atoms with van der Waals surface area (Å²) in [5, 5.41) is 12.1. The largest absolute Gasteiger partial charge is 0.226 e. The molecule has 1 heterocycles. The molecule has 0 aliphatic heterocycles. The third kappa shape index (κ3) is 2.90. The quantitative estimate of drug-likeness (QED) is 0.850. The van der Waals surface area contributed by atoms with E-state index < -0.39 is 0 Å². The van der Waals surface area contributed by atoms with Crippen molar-refractivity contribution in [2.75, 3.05) is 0 Å². The second kappa shape index (κ2) is 5.46. The highest BCUT2D eigenvalue weighted by Gasteiger charge is 2.27. The van der Waals surface area contributed by atoms with Crippen molar-refractivity contribution < 1.29 is 4.39 Å². The van der Waals surface area contributed by atoms with Crippen molar-refractivity contribution in [2.45, 2.75) is 30.4 Å². The number of tetrazole rings is 1. The summed E-state index contributed by atoms with van der Waals surface area (Å²) < 4.78 is 15.5. The van der Waals surface area contributed by atoms with E-state index in [-0.39, 0.29) is 5.82 Å². The molecule has 100 valence electrons. The van der Waals surface area contributed by atoms with Crippen molar-refractivity contribution in [3.63, 3.8) is 0 Å². The average molecular weight is 299 g/mol. The van der Waals surface area contributed by atoms with E-state index in [9.17, 15) is 4.39 Å². The normalized spacial score (nSPS) is 14.8. The number of hydrogen-bond donors (Lipinski definition) is 0. The molecule has 1 aromatic carbocycles. The monoisotopic (exact) mass is 298 g/mol. The van der Waals surface area contributed by atoms with Crippen LogP contribution >= 0.6 is 23.4 Å². The third-order valence-electron chi connectivity index (χ3n) is 2.99. The zero-order valence-corrected chi connectivity index (χ0v) is 11.7.